The zero-order valence-corrected chi connectivity index (χ0v) is 11.6. The molecule has 112 valence electrons. The molecular weight excluding hydrogens is 300 g/mol. The molecule has 4 rings (SSSR count). The van der Waals surface area contributed by atoms with Crippen molar-refractivity contribution in [3.05, 3.63) is 65.7 Å². The van der Waals surface area contributed by atoms with E-state index in [4.69, 9.17) is 9.25 Å². The number of hydroxylamine groups is 2. The van der Waals surface area contributed by atoms with E-state index in [0.29, 0.717) is 16.0 Å². The summed E-state index contributed by atoms with van der Waals surface area (Å²) < 4.78 is 5.18. The number of nitrogens with zero attached hydrogens (tertiary/aromatic N) is 2. The molecule has 0 bridgehead atoms. The molecule has 0 atom stereocenters. The molecule has 1 aliphatic heterocycles. The molecule has 0 fully saturated rings. The number of amides is 2. The van der Waals surface area contributed by atoms with Gasteiger partial charge in [0.2, 0.25) is 0 Å². The van der Waals surface area contributed by atoms with Gasteiger partial charge in [-0.05, 0) is 24.3 Å². The summed E-state index contributed by atoms with van der Waals surface area (Å²) in [7, 11) is 0. The van der Waals surface area contributed by atoms with Gasteiger partial charge in [0.25, 0.3) is 11.8 Å². The van der Waals surface area contributed by atoms with Crippen molar-refractivity contribution >= 4 is 28.8 Å². The zero-order valence-electron chi connectivity index (χ0n) is 11.6. The van der Waals surface area contributed by atoms with Crippen LogP contribution >= 0.6 is 0 Å². The maximum atomic E-state index is 12.3. The van der Waals surface area contributed by atoms with Crippen LogP contribution < -0.4 is 0 Å². The van der Waals surface area contributed by atoms with Crippen molar-refractivity contribution in [3.63, 3.8) is 0 Å². The van der Waals surface area contributed by atoms with E-state index in [0.717, 1.165) is 0 Å². The van der Waals surface area contributed by atoms with Crippen LogP contribution in [0.25, 0.3) is 11.0 Å². The molecule has 1 aliphatic rings. The third kappa shape index (κ3) is 1.90. The van der Waals surface area contributed by atoms with Crippen LogP contribution in [-0.4, -0.2) is 27.8 Å². The summed E-state index contributed by atoms with van der Waals surface area (Å²) in [6.07, 6.45) is 2.79. The van der Waals surface area contributed by atoms with Crippen molar-refractivity contribution in [2.75, 3.05) is 0 Å². The van der Waals surface area contributed by atoms with Gasteiger partial charge in [-0.1, -0.05) is 17.2 Å². The summed E-state index contributed by atoms with van der Waals surface area (Å²) in [5, 5.41) is 0.891. The molecule has 0 aliphatic carbocycles. The first-order valence-electron chi connectivity index (χ1n) is 6.69. The molecule has 0 saturated heterocycles. The molecule has 0 N–H and O–H groups in total. The number of furan rings is 1. The van der Waals surface area contributed by atoms with Gasteiger partial charge in [0.1, 0.15) is 5.58 Å². The predicted octanol–water partition coefficient (Wildman–Crippen LogP) is 2.20. The van der Waals surface area contributed by atoms with Gasteiger partial charge in [0.05, 0.1) is 22.8 Å². The highest BCUT2D eigenvalue weighted by Crippen LogP contribution is 2.24. The number of pyridine rings is 1. The molecule has 3 aromatic rings. The van der Waals surface area contributed by atoms with Crippen molar-refractivity contribution in [2.45, 2.75) is 0 Å². The SMILES string of the molecule is O=C(ON1C(=O)c2ccccc2C1=O)c1nccc2occc12. The number of aromatic nitrogens is 1. The third-order valence-electron chi connectivity index (χ3n) is 3.50. The first-order valence-corrected chi connectivity index (χ1v) is 6.69. The van der Waals surface area contributed by atoms with E-state index in [1.54, 1.807) is 24.3 Å². The van der Waals surface area contributed by atoms with Crippen LogP contribution in [0.4, 0.5) is 0 Å². The maximum Gasteiger partial charge on any atom is 0.382 e. The van der Waals surface area contributed by atoms with Gasteiger partial charge in [0.15, 0.2) is 5.69 Å². The fourth-order valence-corrected chi connectivity index (χ4v) is 2.43. The lowest BCUT2D eigenvalue weighted by atomic mass is 10.1. The maximum absolute atomic E-state index is 12.3. The lowest BCUT2D eigenvalue weighted by Gasteiger charge is -2.12. The van der Waals surface area contributed by atoms with E-state index in [-0.39, 0.29) is 16.8 Å². The number of hydrogen-bond donors (Lipinski definition) is 0. The summed E-state index contributed by atoms with van der Waals surface area (Å²) in [6, 6.07) is 9.40. The van der Waals surface area contributed by atoms with E-state index in [1.165, 1.54) is 24.6 Å². The molecule has 0 saturated carbocycles. The fraction of sp³-hybridized carbons (Fsp3) is 0. The van der Waals surface area contributed by atoms with Crippen LogP contribution in [-0.2, 0) is 4.84 Å². The van der Waals surface area contributed by atoms with Gasteiger partial charge in [-0.3, -0.25) is 9.59 Å². The number of fused-ring (bicyclic) bond motifs is 2. The van der Waals surface area contributed by atoms with Crippen LogP contribution in [0.1, 0.15) is 31.2 Å². The molecule has 1 aromatic carbocycles. The summed E-state index contributed by atoms with van der Waals surface area (Å²) in [5.41, 5.74) is 0.807. The lowest BCUT2D eigenvalue weighted by molar-refractivity contribution is -0.0587. The lowest BCUT2D eigenvalue weighted by Crippen LogP contribution is -2.33. The predicted molar refractivity (Wildman–Crippen MR) is 76.4 cm³/mol. The summed E-state index contributed by atoms with van der Waals surface area (Å²) >= 11 is 0. The van der Waals surface area contributed by atoms with Gasteiger partial charge in [0, 0.05) is 6.20 Å². The van der Waals surface area contributed by atoms with E-state index in [2.05, 4.69) is 4.98 Å². The van der Waals surface area contributed by atoms with Gasteiger partial charge >= 0.3 is 5.97 Å². The minimum absolute atomic E-state index is 0.0344. The largest absolute Gasteiger partial charge is 0.464 e. The van der Waals surface area contributed by atoms with E-state index in [1.807, 2.05) is 0 Å². The topological polar surface area (TPSA) is 89.7 Å². The number of benzene rings is 1. The van der Waals surface area contributed by atoms with Crippen LogP contribution in [0.5, 0.6) is 0 Å². The Labute approximate surface area is 129 Å². The van der Waals surface area contributed by atoms with Crippen LogP contribution in [0, 0.1) is 0 Å². The second-order valence-electron chi connectivity index (χ2n) is 4.82. The Hall–Kier alpha value is -3.48. The van der Waals surface area contributed by atoms with E-state index >= 15 is 0 Å². The van der Waals surface area contributed by atoms with E-state index < -0.39 is 17.8 Å². The molecule has 3 heterocycles. The molecule has 0 unspecified atom stereocenters. The molecule has 2 aromatic heterocycles. The standard InChI is InChI=1S/C16H8N2O5/c19-14-9-3-1-2-4-10(9)15(20)18(14)23-16(21)13-11-6-8-22-12(11)5-7-17-13/h1-8H. The molecule has 7 heteroatoms. The third-order valence-corrected chi connectivity index (χ3v) is 3.50. The minimum atomic E-state index is -0.911. The minimum Gasteiger partial charge on any atom is -0.464 e. The average Bonchev–Trinajstić information content (AvgIpc) is 3.14. The van der Waals surface area contributed by atoms with Crippen molar-refractivity contribution < 1.29 is 23.6 Å². The van der Waals surface area contributed by atoms with Crippen molar-refractivity contribution in [1.82, 2.24) is 10.0 Å². The Morgan fingerprint density at radius 2 is 1.74 bits per heavy atom. The first-order chi connectivity index (χ1) is 11.2. The number of hydrogen-bond acceptors (Lipinski definition) is 6. The smallest absolute Gasteiger partial charge is 0.382 e. The Balaban J connectivity index is 1.67. The van der Waals surface area contributed by atoms with Crippen molar-refractivity contribution in [1.29, 1.82) is 0 Å². The monoisotopic (exact) mass is 308 g/mol. The van der Waals surface area contributed by atoms with Crippen LogP contribution in [0.2, 0.25) is 0 Å². The Kier molecular flexibility index (Phi) is 2.74. The number of carbonyl (C=O) groups excluding carboxylic acids is 3. The Bertz CT molecular complexity index is 940. The van der Waals surface area contributed by atoms with E-state index in [9.17, 15) is 14.4 Å². The first kappa shape index (κ1) is 13.2. The molecule has 7 nitrogen and oxygen atoms in total. The summed E-state index contributed by atoms with van der Waals surface area (Å²) in [4.78, 5) is 45.5. The molecular formula is C16H8N2O5. The van der Waals surface area contributed by atoms with Gasteiger partial charge in [-0.25, -0.2) is 9.78 Å². The normalized spacial score (nSPS) is 13.5. The fourth-order valence-electron chi connectivity index (χ4n) is 2.43. The highest BCUT2D eigenvalue weighted by molar-refractivity contribution is 6.21. The molecule has 23 heavy (non-hydrogen) atoms. The Morgan fingerprint density at radius 1 is 1.04 bits per heavy atom. The quantitative estimate of drug-likeness (QED) is 0.674. The molecule has 0 spiro atoms. The summed E-state index contributed by atoms with van der Waals surface area (Å²) in [5.74, 6) is -2.27. The van der Waals surface area contributed by atoms with Crippen molar-refractivity contribution in [3.8, 4) is 0 Å². The van der Waals surface area contributed by atoms with Crippen LogP contribution in [0.3, 0.4) is 0 Å². The second kappa shape index (κ2) is 4.77. The van der Waals surface area contributed by atoms with Crippen LogP contribution in [0.15, 0.2) is 53.3 Å². The number of carbonyl (C=O) groups is 3. The number of imide groups is 1. The van der Waals surface area contributed by atoms with Gasteiger partial charge in [-0.15, -0.1) is 0 Å². The molecule has 0 radical (unpaired) electrons. The Morgan fingerprint density at radius 3 is 2.43 bits per heavy atom. The molecule has 2 amide bonds. The second-order valence-corrected chi connectivity index (χ2v) is 4.82. The summed E-state index contributed by atoms with van der Waals surface area (Å²) in [6.45, 7) is 0. The average molecular weight is 308 g/mol. The zero-order chi connectivity index (χ0) is 16.0. The highest BCUT2D eigenvalue weighted by Gasteiger charge is 2.39. The number of rotatable bonds is 2. The van der Waals surface area contributed by atoms with Crippen molar-refractivity contribution in [2.24, 2.45) is 0 Å². The highest BCUT2D eigenvalue weighted by atomic mass is 16.7. The van der Waals surface area contributed by atoms with Gasteiger partial charge < -0.3 is 9.25 Å². The van der Waals surface area contributed by atoms with Gasteiger partial charge in [-0.2, -0.15) is 0 Å².